The molecule has 0 bridgehead atoms. The van der Waals surface area contributed by atoms with Crippen molar-refractivity contribution < 1.29 is 34.5 Å². The third kappa shape index (κ3) is 10.1. The number of thioether (sulfide) groups is 1. The number of carbonyl (C=O) groups excluding carboxylic acids is 3. The van der Waals surface area contributed by atoms with Crippen LogP contribution in [0.15, 0.2) is 24.3 Å². The highest BCUT2D eigenvalue weighted by atomic mass is 32.2. The molecule has 0 aromatic heterocycles. The Morgan fingerprint density at radius 1 is 0.943 bits per heavy atom. The van der Waals surface area contributed by atoms with Crippen molar-refractivity contribution >= 4 is 35.5 Å². The number of hydrogen-bond donors (Lipinski definition) is 7. The van der Waals surface area contributed by atoms with Crippen molar-refractivity contribution in [1.82, 2.24) is 16.0 Å². The Bertz CT molecular complexity index is 864. The summed E-state index contributed by atoms with van der Waals surface area (Å²) in [5, 5.41) is 36.1. The smallest absolute Gasteiger partial charge is 0.326 e. The van der Waals surface area contributed by atoms with Gasteiger partial charge in [0, 0.05) is 0 Å². The molecule has 0 fully saturated rings. The van der Waals surface area contributed by atoms with Crippen molar-refractivity contribution in [1.29, 1.82) is 0 Å². The Kier molecular flexibility index (Phi) is 12.5. The molecule has 0 spiro atoms. The molecule has 0 saturated heterocycles. The second-order valence-corrected chi connectivity index (χ2v) is 9.60. The van der Waals surface area contributed by atoms with Crippen LogP contribution >= 0.6 is 11.8 Å². The highest BCUT2D eigenvalue weighted by Gasteiger charge is 2.33. The number of benzene rings is 1. The van der Waals surface area contributed by atoms with Crippen LogP contribution in [0.3, 0.4) is 0 Å². The molecule has 0 radical (unpaired) electrons. The van der Waals surface area contributed by atoms with Crippen LogP contribution in [0.4, 0.5) is 0 Å². The topological polar surface area (TPSA) is 191 Å². The third-order valence-electron chi connectivity index (χ3n) is 5.27. The van der Waals surface area contributed by atoms with Crippen molar-refractivity contribution in [3.8, 4) is 5.75 Å². The largest absolute Gasteiger partial charge is 0.508 e. The predicted molar refractivity (Wildman–Crippen MR) is 133 cm³/mol. The van der Waals surface area contributed by atoms with Crippen molar-refractivity contribution in [3.63, 3.8) is 0 Å². The molecule has 35 heavy (non-hydrogen) atoms. The van der Waals surface area contributed by atoms with Gasteiger partial charge in [-0.15, -0.1) is 0 Å². The highest BCUT2D eigenvalue weighted by molar-refractivity contribution is 7.98. The number of aliphatic hydroxyl groups excluding tert-OH is 1. The Hall–Kier alpha value is -2.83. The summed E-state index contributed by atoms with van der Waals surface area (Å²) in [6, 6.07) is 1.58. The molecular formula is C23H36N4O7S. The normalized spacial score (nSPS) is 15.4. The maximum absolute atomic E-state index is 13.0. The number of aliphatic hydroxyl groups is 1. The number of nitrogens with one attached hydrogen (secondary N) is 3. The molecule has 0 aliphatic carbocycles. The second-order valence-electron chi connectivity index (χ2n) is 8.62. The molecule has 3 amide bonds. The first-order chi connectivity index (χ1) is 16.4. The van der Waals surface area contributed by atoms with E-state index in [1.807, 2.05) is 6.26 Å². The Labute approximate surface area is 209 Å². The third-order valence-corrected chi connectivity index (χ3v) is 5.91. The van der Waals surface area contributed by atoms with Crippen LogP contribution in [0.1, 0.15) is 32.8 Å². The number of phenolic OH excluding ortho intramolecular Hbond substituents is 1. The number of aromatic hydroxyl groups is 1. The van der Waals surface area contributed by atoms with Gasteiger partial charge in [0.25, 0.3) is 0 Å². The van der Waals surface area contributed by atoms with Crippen LogP contribution in [-0.4, -0.2) is 81.3 Å². The molecule has 1 rings (SSSR count). The minimum absolute atomic E-state index is 0.0837. The molecule has 5 unspecified atom stereocenters. The van der Waals surface area contributed by atoms with E-state index in [0.29, 0.717) is 5.75 Å². The van der Waals surface area contributed by atoms with Gasteiger partial charge in [0.05, 0.1) is 12.1 Å². The molecular weight excluding hydrogens is 476 g/mol. The molecule has 0 aliphatic heterocycles. The van der Waals surface area contributed by atoms with E-state index in [0.717, 1.165) is 5.56 Å². The van der Waals surface area contributed by atoms with Gasteiger partial charge in [-0.05, 0) is 55.4 Å². The Morgan fingerprint density at radius 3 is 2.00 bits per heavy atom. The van der Waals surface area contributed by atoms with Crippen LogP contribution < -0.4 is 21.7 Å². The zero-order valence-electron chi connectivity index (χ0n) is 20.4. The average molecular weight is 513 g/mol. The number of hydrogen-bond acceptors (Lipinski definition) is 8. The molecule has 0 saturated carbocycles. The lowest BCUT2D eigenvalue weighted by Crippen LogP contribution is -2.60. The van der Waals surface area contributed by atoms with E-state index in [2.05, 4.69) is 16.0 Å². The maximum Gasteiger partial charge on any atom is 0.326 e. The van der Waals surface area contributed by atoms with Gasteiger partial charge < -0.3 is 37.0 Å². The summed E-state index contributed by atoms with van der Waals surface area (Å²) in [6.07, 6.45) is 0.919. The van der Waals surface area contributed by atoms with Gasteiger partial charge >= 0.3 is 5.97 Å². The van der Waals surface area contributed by atoms with Crippen LogP contribution in [-0.2, 0) is 25.6 Å². The second kappa shape index (κ2) is 14.5. The molecule has 1 aromatic rings. The first-order valence-electron chi connectivity index (χ1n) is 11.2. The van der Waals surface area contributed by atoms with Crippen molar-refractivity contribution in [2.45, 2.75) is 63.9 Å². The molecule has 0 heterocycles. The summed E-state index contributed by atoms with van der Waals surface area (Å²) in [5.41, 5.74) is 6.72. The minimum Gasteiger partial charge on any atom is -0.508 e. The molecule has 8 N–H and O–H groups in total. The summed E-state index contributed by atoms with van der Waals surface area (Å²) in [4.78, 5) is 49.7. The summed E-state index contributed by atoms with van der Waals surface area (Å²) >= 11 is 1.45. The first kappa shape index (κ1) is 30.2. The van der Waals surface area contributed by atoms with Crippen LogP contribution in [0.2, 0.25) is 0 Å². The summed E-state index contributed by atoms with van der Waals surface area (Å²) in [6.45, 7) is 4.52. The van der Waals surface area contributed by atoms with Crippen molar-refractivity contribution in [3.05, 3.63) is 29.8 Å². The van der Waals surface area contributed by atoms with Gasteiger partial charge in [-0.25, -0.2) is 4.79 Å². The van der Waals surface area contributed by atoms with Gasteiger partial charge in [-0.2, -0.15) is 11.8 Å². The standard InChI is InChI=1S/C23H36N4O7S/c1-12(2)18(23(33)34)26-22(32)19(13(3)28)27-21(31)17(9-10-35-4)25-20(30)16(24)11-14-5-7-15(29)8-6-14/h5-8,12-13,16-19,28-29H,9-11,24H2,1-4H3,(H,25,30)(H,26,32)(H,27,31)(H,33,34). The number of carboxylic acid groups (broad SMARTS) is 1. The van der Waals surface area contributed by atoms with Gasteiger partial charge in [0.15, 0.2) is 0 Å². The van der Waals surface area contributed by atoms with Crippen LogP contribution in [0, 0.1) is 5.92 Å². The van der Waals surface area contributed by atoms with E-state index in [4.69, 9.17) is 5.73 Å². The van der Waals surface area contributed by atoms with Crippen molar-refractivity contribution in [2.75, 3.05) is 12.0 Å². The van der Waals surface area contributed by atoms with Crippen molar-refractivity contribution in [2.24, 2.45) is 11.7 Å². The summed E-state index contributed by atoms with van der Waals surface area (Å²) < 4.78 is 0. The average Bonchev–Trinajstić information content (AvgIpc) is 2.78. The fraction of sp³-hybridized carbons (Fsp3) is 0.565. The van der Waals surface area contributed by atoms with Crippen LogP contribution in [0.5, 0.6) is 5.75 Å². The van der Waals surface area contributed by atoms with E-state index in [9.17, 15) is 34.5 Å². The molecule has 12 heteroatoms. The molecule has 11 nitrogen and oxygen atoms in total. The number of amides is 3. The fourth-order valence-electron chi connectivity index (χ4n) is 3.18. The summed E-state index contributed by atoms with van der Waals surface area (Å²) in [5.74, 6) is -3.20. The number of carboxylic acids is 1. The zero-order chi connectivity index (χ0) is 26.7. The number of rotatable bonds is 14. The van der Waals surface area contributed by atoms with E-state index < -0.39 is 59.9 Å². The van der Waals surface area contributed by atoms with E-state index in [1.54, 1.807) is 26.0 Å². The van der Waals surface area contributed by atoms with Gasteiger partial charge in [-0.1, -0.05) is 26.0 Å². The lowest BCUT2D eigenvalue weighted by molar-refractivity contribution is -0.144. The van der Waals surface area contributed by atoms with Crippen LogP contribution in [0.25, 0.3) is 0 Å². The monoisotopic (exact) mass is 512 g/mol. The zero-order valence-corrected chi connectivity index (χ0v) is 21.2. The Morgan fingerprint density at radius 2 is 1.51 bits per heavy atom. The van der Waals surface area contributed by atoms with Gasteiger partial charge in [0.1, 0.15) is 23.9 Å². The molecule has 1 aromatic carbocycles. The molecule has 5 atom stereocenters. The van der Waals surface area contributed by atoms with Gasteiger partial charge in [0.2, 0.25) is 17.7 Å². The highest BCUT2D eigenvalue weighted by Crippen LogP contribution is 2.11. The minimum atomic E-state index is -1.43. The number of nitrogens with two attached hydrogens (primary N) is 1. The first-order valence-corrected chi connectivity index (χ1v) is 12.6. The quantitative estimate of drug-likeness (QED) is 0.174. The van der Waals surface area contributed by atoms with E-state index >= 15 is 0 Å². The van der Waals surface area contributed by atoms with E-state index in [1.165, 1.54) is 30.8 Å². The number of phenols is 1. The fourth-order valence-corrected chi connectivity index (χ4v) is 3.65. The lowest BCUT2D eigenvalue weighted by atomic mass is 10.0. The number of carbonyl (C=O) groups is 4. The number of aliphatic carboxylic acids is 1. The maximum atomic E-state index is 13.0. The SMILES string of the molecule is CSCCC(NC(=O)C(N)Cc1ccc(O)cc1)C(=O)NC(C(=O)NC(C(=O)O)C(C)C)C(C)O. The molecule has 0 aliphatic rings. The molecule has 196 valence electrons. The Balaban J connectivity index is 2.91. The lowest BCUT2D eigenvalue weighted by Gasteiger charge is -2.27. The van der Waals surface area contributed by atoms with Gasteiger partial charge in [-0.3, -0.25) is 14.4 Å². The van der Waals surface area contributed by atoms with E-state index in [-0.39, 0.29) is 18.6 Å². The summed E-state index contributed by atoms with van der Waals surface area (Å²) in [7, 11) is 0. The predicted octanol–water partition coefficient (Wildman–Crippen LogP) is -0.409.